The van der Waals surface area contributed by atoms with Crippen LogP contribution in [-0.4, -0.2) is 75.9 Å². The Morgan fingerprint density at radius 1 is 0.714 bits per heavy atom. The molecule has 5 N–H and O–H groups in total. The van der Waals surface area contributed by atoms with Crippen molar-refractivity contribution in [1.82, 2.24) is 0 Å². The number of rotatable bonds is 4. The van der Waals surface area contributed by atoms with E-state index in [4.69, 9.17) is 24.5 Å². The van der Waals surface area contributed by atoms with Gasteiger partial charge in [-0.2, -0.15) is 8.62 Å². The summed E-state index contributed by atoms with van der Waals surface area (Å²) in [6.07, 6.45) is 0. The van der Waals surface area contributed by atoms with Crippen LogP contribution < -0.4 is 0 Å². The maximum atomic E-state index is 10.4. The van der Waals surface area contributed by atoms with Crippen molar-refractivity contribution in [1.29, 1.82) is 0 Å². The van der Waals surface area contributed by atoms with E-state index >= 15 is 0 Å². The minimum absolute atomic E-state index is 0. The molecule has 0 atom stereocenters. The molecule has 0 heterocycles. The molecule has 0 aliphatic carbocycles. The van der Waals surface area contributed by atoms with Crippen molar-refractivity contribution in [2.75, 3.05) is 0 Å². The summed E-state index contributed by atoms with van der Waals surface area (Å²) in [6, 6.07) is 0. The molecule has 0 aliphatic heterocycles. The summed E-state index contributed by atoms with van der Waals surface area (Å²) < 4.78 is 36.4. The van der Waals surface area contributed by atoms with Crippen molar-refractivity contribution in [3.8, 4) is 0 Å². The van der Waals surface area contributed by atoms with Gasteiger partial charge in [0.25, 0.3) is 0 Å². The quantitative estimate of drug-likeness (QED) is 0.317. The minimum Gasteiger partial charge on any atom is -0.302 e. The van der Waals surface area contributed by atoms with Crippen LogP contribution in [0.2, 0.25) is 0 Å². The average molecular weight is 297 g/mol. The number of hydrogen-bond acceptors (Lipinski definition) is 5. The molecule has 14 heavy (non-hydrogen) atoms. The fraction of sp³-hybridized carbons (Fsp3) is 0. The molecular formula is H5KO10P3. The molecule has 10 nitrogen and oxygen atoms in total. The Balaban J connectivity index is 0. The van der Waals surface area contributed by atoms with Crippen LogP contribution in [-0.2, 0) is 22.3 Å². The van der Waals surface area contributed by atoms with E-state index in [-0.39, 0.29) is 51.4 Å². The van der Waals surface area contributed by atoms with Gasteiger partial charge in [-0.3, -0.25) is 0 Å². The standard InChI is InChI=1S/K.H5O10P3/c;1-11(2,3)9-13(7,8)10-12(4,5)6/h;(H,7,8)(H2,1,2,3)(H2,4,5,6). The second-order valence-electron chi connectivity index (χ2n) is 1.61. The van der Waals surface area contributed by atoms with Gasteiger partial charge in [-0.25, -0.2) is 13.7 Å². The molecule has 0 bridgehead atoms. The van der Waals surface area contributed by atoms with E-state index < -0.39 is 23.5 Å². The Bertz CT molecular complexity index is 277. The molecule has 0 saturated heterocycles. The summed E-state index contributed by atoms with van der Waals surface area (Å²) in [6.45, 7) is 0. The van der Waals surface area contributed by atoms with Gasteiger partial charge >= 0.3 is 23.5 Å². The van der Waals surface area contributed by atoms with Crippen LogP contribution in [0.3, 0.4) is 0 Å². The predicted molar refractivity (Wildman–Crippen MR) is 41.8 cm³/mol. The van der Waals surface area contributed by atoms with Crippen LogP contribution in [0.4, 0.5) is 0 Å². The third kappa shape index (κ3) is 12.1. The van der Waals surface area contributed by atoms with Crippen LogP contribution in [0.5, 0.6) is 0 Å². The Morgan fingerprint density at radius 3 is 1.07 bits per heavy atom. The van der Waals surface area contributed by atoms with Gasteiger partial charge in [-0.1, -0.05) is 0 Å². The molecule has 1 radical (unpaired) electrons. The third-order valence-electron chi connectivity index (χ3n) is 0.419. The first-order chi connectivity index (χ1) is 5.41. The minimum atomic E-state index is -5.46. The molecule has 0 rings (SSSR count). The summed E-state index contributed by atoms with van der Waals surface area (Å²) in [5.74, 6) is 0. The van der Waals surface area contributed by atoms with E-state index in [1.165, 1.54) is 0 Å². The van der Waals surface area contributed by atoms with Crippen LogP contribution in [0.15, 0.2) is 0 Å². The summed E-state index contributed by atoms with van der Waals surface area (Å²) in [5, 5.41) is 0. The van der Waals surface area contributed by atoms with Gasteiger partial charge in [-0.15, -0.1) is 0 Å². The molecular weight excluding hydrogens is 292 g/mol. The van der Waals surface area contributed by atoms with Gasteiger partial charge in [0.15, 0.2) is 0 Å². The Kier molecular flexibility index (Phi) is 8.03. The third-order valence-corrected chi connectivity index (χ3v) is 3.77. The van der Waals surface area contributed by atoms with E-state index in [0.717, 1.165) is 0 Å². The molecule has 81 valence electrons. The molecule has 14 heteroatoms. The van der Waals surface area contributed by atoms with Crippen molar-refractivity contribution in [2.24, 2.45) is 0 Å². The maximum absolute atomic E-state index is 10.4. The monoisotopic (exact) mass is 297 g/mol. The summed E-state index contributed by atoms with van der Waals surface area (Å²) >= 11 is 0. The average Bonchev–Trinajstić information content (AvgIpc) is 1.43. The summed E-state index contributed by atoms with van der Waals surface area (Å²) in [5.41, 5.74) is 0. The van der Waals surface area contributed by atoms with Gasteiger partial charge < -0.3 is 24.5 Å². The fourth-order valence-corrected chi connectivity index (χ4v) is 2.82. The summed E-state index contributed by atoms with van der Waals surface area (Å²) in [4.78, 5) is 40.2. The van der Waals surface area contributed by atoms with Crippen molar-refractivity contribution in [3.63, 3.8) is 0 Å². The second-order valence-corrected chi connectivity index (χ2v) is 5.82. The van der Waals surface area contributed by atoms with E-state index in [0.29, 0.717) is 0 Å². The molecule has 0 aromatic carbocycles. The van der Waals surface area contributed by atoms with Crippen LogP contribution in [0.1, 0.15) is 0 Å². The van der Waals surface area contributed by atoms with E-state index in [1.807, 2.05) is 0 Å². The van der Waals surface area contributed by atoms with Crippen molar-refractivity contribution >= 4 is 74.9 Å². The molecule has 0 saturated carbocycles. The van der Waals surface area contributed by atoms with E-state index in [1.54, 1.807) is 0 Å². The predicted octanol–water partition coefficient (Wildman–Crippen LogP) is -1.08. The van der Waals surface area contributed by atoms with Gasteiger partial charge in [0.05, 0.1) is 0 Å². The Morgan fingerprint density at radius 2 is 0.929 bits per heavy atom. The van der Waals surface area contributed by atoms with E-state index in [2.05, 4.69) is 8.62 Å². The molecule has 0 aromatic rings. The molecule has 0 unspecified atom stereocenters. The number of phosphoric acid groups is 3. The van der Waals surface area contributed by atoms with Crippen molar-refractivity contribution in [3.05, 3.63) is 0 Å². The maximum Gasteiger partial charge on any atom is 0.490 e. The van der Waals surface area contributed by atoms with Gasteiger partial charge in [-0.05, 0) is 0 Å². The van der Waals surface area contributed by atoms with Crippen LogP contribution >= 0.6 is 23.5 Å². The smallest absolute Gasteiger partial charge is 0.302 e. The molecule has 0 spiro atoms. The van der Waals surface area contributed by atoms with Crippen molar-refractivity contribution < 1.29 is 46.8 Å². The van der Waals surface area contributed by atoms with Crippen molar-refractivity contribution in [2.45, 2.75) is 0 Å². The summed E-state index contributed by atoms with van der Waals surface area (Å²) in [7, 11) is -16.2. The Labute approximate surface area is 120 Å². The zero-order valence-corrected chi connectivity index (χ0v) is 12.4. The fourth-order valence-electron chi connectivity index (χ4n) is 0.284. The van der Waals surface area contributed by atoms with Crippen LogP contribution in [0, 0.1) is 0 Å². The molecule has 0 aliphatic rings. The molecule has 0 amide bonds. The zero-order valence-electron chi connectivity index (χ0n) is 6.62. The second kappa shape index (κ2) is 6.11. The molecule has 0 fully saturated rings. The zero-order chi connectivity index (χ0) is 10.9. The first kappa shape index (κ1) is 18.4. The largest absolute Gasteiger partial charge is 0.490 e. The topological polar surface area (TPSA) is 171 Å². The van der Waals surface area contributed by atoms with Gasteiger partial charge in [0.2, 0.25) is 0 Å². The SMILES string of the molecule is O=P(O)(O)OP(=O)(O)OP(=O)(O)O.[K]. The normalized spacial score (nSPS) is 13.5. The number of hydrogen-bond donors (Lipinski definition) is 5. The molecule has 0 aromatic heterocycles. The van der Waals surface area contributed by atoms with E-state index in [9.17, 15) is 13.7 Å². The first-order valence-corrected chi connectivity index (χ1v) is 6.83. The Hall–Kier alpha value is 2.05. The van der Waals surface area contributed by atoms with Gasteiger partial charge in [0.1, 0.15) is 0 Å². The first-order valence-electron chi connectivity index (χ1n) is 2.28. The van der Waals surface area contributed by atoms with Crippen LogP contribution in [0.25, 0.3) is 0 Å². The van der Waals surface area contributed by atoms with Gasteiger partial charge in [0, 0.05) is 51.4 Å².